The average molecular weight is 385 g/mol. The zero-order valence-electron chi connectivity index (χ0n) is 16.1. The largest absolute Gasteiger partial charge is 0.452 e. The van der Waals surface area contributed by atoms with Gasteiger partial charge in [-0.15, -0.1) is 0 Å². The summed E-state index contributed by atoms with van der Waals surface area (Å²) in [5.41, 5.74) is 1.92. The smallest absolute Gasteiger partial charge is 0.338 e. The fraction of sp³-hybridized carbons (Fsp3) is 0.333. The third-order valence-corrected chi connectivity index (χ3v) is 4.77. The number of piperazine rings is 1. The molecule has 1 aliphatic rings. The summed E-state index contributed by atoms with van der Waals surface area (Å²) in [6.07, 6.45) is 0. The molecule has 2 aromatic rings. The first-order valence-corrected chi connectivity index (χ1v) is 9.17. The lowest BCUT2D eigenvalue weighted by Crippen LogP contribution is -2.50. The van der Waals surface area contributed by atoms with E-state index >= 15 is 0 Å². The number of halogens is 1. The summed E-state index contributed by atoms with van der Waals surface area (Å²) < 4.78 is 19.0. The predicted octanol–water partition coefficient (Wildman–Crippen LogP) is 2.40. The van der Waals surface area contributed by atoms with E-state index in [1.54, 1.807) is 35.2 Å². The second-order valence-electron chi connectivity index (χ2n) is 6.84. The van der Waals surface area contributed by atoms with E-state index in [0.29, 0.717) is 37.4 Å². The molecule has 1 aliphatic heterocycles. The molecule has 0 N–H and O–H groups in total. The highest BCUT2D eigenvalue weighted by Crippen LogP contribution is 2.20. The van der Waals surface area contributed by atoms with Gasteiger partial charge in [0.05, 0.1) is 11.3 Å². The van der Waals surface area contributed by atoms with Gasteiger partial charge in [0.1, 0.15) is 5.82 Å². The van der Waals surface area contributed by atoms with Crippen LogP contribution in [0, 0.1) is 5.82 Å². The van der Waals surface area contributed by atoms with E-state index < -0.39 is 5.97 Å². The van der Waals surface area contributed by atoms with Gasteiger partial charge < -0.3 is 19.4 Å². The fourth-order valence-corrected chi connectivity index (χ4v) is 3.10. The molecule has 0 bridgehead atoms. The van der Waals surface area contributed by atoms with Crippen LogP contribution in [-0.2, 0) is 9.53 Å². The number of anilines is 2. The molecule has 3 rings (SSSR count). The van der Waals surface area contributed by atoms with Crippen molar-refractivity contribution >= 4 is 23.3 Å². The Labute approximate surface area is 164 Å². The number of carbonyl (C=O) groups is 2. The molecule has 0 atom stereocenters. The number of benzene rings is 2. The van der Waals surface area contributed by atoms with Crippen molar-refractivity contribution in [3.8, 4) is 0 Å². The Bertz CT molecular complexity index is 831. The number of hydrogen-bond acceptors (Lipinski definition) is 5. The SMILES string of the molecule is CN(C)c1ccc(C(=O)OCC(=O)N2CCN(c3ccccc3F)CC2)cc1. The third-order valence-electron chi connectivity index (χ3n) is 4.77. The number of ether oxygens (including phenoxy) is 1. The summed E-state index contributed by atoms with van der Waals surface area (Å²) in [6, 6.07) is 13.6. The first-order valence-electron chi connectivity index (χ1n) is 9.17. The van der Waals surface area contributed by atoms with Crippen molar-refractivity contribution in [3.63, 3.8) is 0 Å². The van der Waals surface area contributed by atoms with Crippen LogP contribution in [0.4, 0.5) is 15.8 Å². The highest BCUT2D eigenvalue weighted by atomic mass is 19.1. The Kier molecular flexibility index (Phi) is 6.13. The van der Waals surface area contributed by atoms with E-state index in [1.165, 1.54) is 6.07 Å². The first-order chi connectivity index (χ1) is 13.5. The minimum Gasteiger partial charge on any atom is -0.452 e. The maximum atomic E-state index is 13.9. The summed E-state index contributed by atoms with van der Waals surface area (Å²) in [5, 5.41) is 0. The normalized spacial score (nSPS) is 14.0. The Morgan fingerprint density at radius 1 is 1.00 bits per heavy atom. The zero-order valence-corrected chi connectivity index (χ0v) is 16.1. The van der Waals surface area contributed by atoms with Crippen molar-refractivity contribution in [2.75, 3.05) is 56.7 Å². The molecule has 1 amide bonds. The number of esters is 1. The van der Waals surface area contributed by atoms with Crippen molar-refractivity contribution in [1.82, 2.24) is 4.90 Å². The molecule has 0 radical (unpaired) electrons. The van der Waals surface area contributed by atoms with Crippen molar-refractivity contribution in [2.24, 2.45) is 0 Å². The molecule has 1 heterocycles. The molecule has 0 unspecified atom stereocenters. The third kappa shape index (κ3) is 4.60. The van der Waals surface area contributed by atoms with Crippen LogP contribution in [0.25, 0.3) is 0 Å². The van der Waals surface area contributed by atoms with Crippen LogP contribution in [0.5, 0.6) is 0 Å². The number of hydrogen-bond donors (Lipinski definition) is 0. The van der Waals surface area contributed by atoms with Gasteiger partial charge in [-0.1, -0.05) is 12.1 Å². The van der Waals surface area contributed by atoms with E-state index in [-0.39, 0.29) is 18.3 Å². The van der Waals surface area contributed by atoms with Crippen molar-refractivity contribution in [3.05, 3.63) is 59.9 Å². The van der Waals surface area contributed by atoms with Gasteiger partial charge in [0, 0.05) is 46.0 Å². The Morgan fingerprint density at radius 3 is 2.25 bits per heavy atom. The summed E-state index contributed by atoms with van der Waals surface area (Å²) in [7, 11) is 3.83. The maximum absolute atomic E-state index is 13.9. The van der Waals surface area contributed by atoms with E-state index in [4.69, 9.17) is 4.74 Å². The van der Waals surface area contributed by atoms with E-state index in [9.17, 15) is 14.0 Å². The summed E-state index contributed by atoms with van der Waals surface area (Å²) in [4.78, 5) is 30.0. The minimum atomic E-state index is -0.524. The minimum absolute atomic E-state index is 0.244. The van der Waals surface area contributed by atoms with Gasteiger partial charge in [0.25, 0.3) is 5.91 Å². The molecule has 28 heavy (non-hydrogen) atoms. The van der Waals surface area contributed by atoms with Crippen LogP contribution in [0.15, 0.2) is 48.5 Å². The van der Waals surface area contributed by atoms with Crippen molar-refractivity contribution in [2.45, 2.75) is 0 Å². The summed E-state index contributed by atoms with van der Waals surface area (Å²) in [6.45, 7) is 1.69. The lowest BCUT2D eigenvalue weighted by atomic mass is 10.2. The molecule has 1 fully saturated rings. The zero-order chi connectivity index (χ0) is 20.1. The number of carbonyl (C=O) groups excluding carboxylic acids is 2. The lowest BCUT2D eigenvalue weighted by molar-refractivity contribution is -0.134. The van der Waals surface area contributed by atoms with Crippen LogP contribution in [0.2, 0.25) is 0 Å². The molecular weight excluding hydrogens is 361 g/mol. The van der Waals surface area contributed by atoms with Gasteiger partial charge in [-0.05, 0) is 36.4 Å². The topological polar surface area (TPSA) is 53.1 Å². The highest BCUT2D eigenvalue weighted by Gasteiger charge is 2.23. The van der Waals surface area contributed by atoms with Crippen LogP contribution in [0.3, 0.4) is 0 Å². The summed E-state index contributed by atoms with van der Waals surface area (Å²) >= 11 is 0. The second-order valence-corrected chi connectivity index (χ2v) is 6.84. The van der Waals surface area contributed by atoms with Crippen molar-refractivity contribution < 1.29 is 18.7 Å². The maximum Gasteiger partial charge on any atom is 0.338 e. The van der Waals surface area contributed by atoms with Crippen LogP contribution >= 0.6 is 0 Å². The quantitative estimate of drug-likeness (QED) is 0.740. The van der Waals surface area contributed by atoms with E-state index in [1.807, 2.05) is 36.0 Å². The lowest BCUT2D eigenvalue weighted by Gasteiger charge is -2.36. The van der Waals surface area contributed by atoms with Crippen LogP contribution in [-0.4, -0.2) is 63.7 Å². The molecule has 0 aromatic heterocycles. The van der Waals surface area contributed by atoms with Gasteiger partial charge in [-0.3, -0.25) is 4.79 Å². The predicted molar refractivity (Wildman–Crippen MR) is 106 cm³/mol. The van der Waals surface area contributed by atoms with E-state index in [2.05, 4.69) is 0 Å². The molecule has 1 saturated heterocycles. The average Bonchev–Trinajstić information content (AvgIpc) is 2.72. The first kappa shape index (κ1) is 19.7. The van der Waals surface area contributed by atoms with Crippen LogP contribution in [0.1, 0.15) is 10.4 Å². The molecule has 7 heteroatoms. The number of rotatable bonds is 5. The number of para-hydroxylation sites is 1. The molecule has 6 nitrogen and oxygen atoms in total. The van der Waals surface area contributed by atoms with Gasteiger partial charge in [-0.25, -0.2) is 9.18 Å². The van der Waals surface area contributed by atoms with Gasteiger partial charge >= 0.3 is 5.97 Å². The van der Waals surface area contributed by atoms with Gasteiger partial charge in [0.15, 0.2) is 6.61 Å². The monoisotopic (exact) mass is 385 g/mol. The molecular formula is C21H24FN3O3. The van der Waals surface area contributed by atoms with E-state index in [0.717, 1.165) is 5.69 Å². The second kappa shape index (κ2) is 8.73. The fourth-order valence-electron chi connectivity index (χ4n) is 3.10. The van der Waals surface area contributed by atoms with Gasteiger partial charge in [0.2, 0.25) is 0 Å². The highest BCUT2D eigenvalue weighted by molar-refractivity contribution is 5.91. The molecule has 148 valence electrons. The molecule has 0 saturated carbocycles. The van der Waals surface area contributed by atoms with Gasteiger partial charge in [-0.2, -0.15) is 0 Å². The Hall–Kier alpha value is -3.09. The Morgan fingerprint density at radius 2 is 1.64 bits per heavy atom. The molecule has 0 aliphatic carbocycles. The number of amides is 1. The van der Waals surface area contributed by atoms with Crippen LogP contribution < -0.4 is 9.80 Å². The Balaban J connectivity index is 1.48. The molecule has 2 aromatic carbocycles. The van der Waals surface area contributed by atoms with Crippen molar-refractivity contribution in [1.29, 1.82) is 0 Å². The standard InChI is InChI=1S/C21H24FN3O3/c1-23(2)17-9-7-16(8-10-17)21(27)28-15-20(26)25-13-11-24(12-14-25)19-6-4-3-5-18(19)22/h3-10H,11-15H2,1-2H3. The molecule has 0 spiro atoms. The number of nitrogens with zero attached hydrogens (tertiary/aromatic N) is 3. The summed E-state index contributed by atoms with van der Waals surface area (Å²) in [5.74, 6) is -1.04.